The SMILES string of the molecule is CCCc1nccn1-c1cc(Cl)ccc1CNC(C)C. The fourth-order valence-corrected chi connectivity index (χ4v) is 2.35. The number of benzene rings is 1. The largest absolute Gasteiger partial charge is 0.310 e. The minimum Gasteiger partial charge on any atom is -0.310 e. The highest BCUT2D eigenvalue weighted by atomic mass is 35.5. The number of nitrogens with one attached hydrogen (secondary N) is 1. The van der Waals surface area contributed by atoms with Gasteiger partial charge in [-0.15, -0.1) is 0 Å². The maximum absolute atomic E-state index is 6.17. The predicted molar refractivity (Wildman–Crippen MR) is 84.5 cm³/mol. The number of hydrogen-bond donors (Lipinski definition) is 1. The highest BCUT2D eigenvalue weighted by Gasteiger charge is 2.10. The smallest absolute Gasteiger partial charge is 0.113 e. The second-order valence-corrected chi connectivity index (χ2v) is 5.71. The molecule has 1 aromatic heterocycles. The first kappa shape index (κ1) is 15.1. The molecule has 0 atom stereocenters. The molecule has 1 heterocycles. The fourth-order valence-electron chi connectivity index (χ4n) is 2.19. The number of nitrogens with zero attached hydrogens (tertiary/aromatic N) is 2. The van der Waals surface area contributed by atoms with Gasteiger partial charge in [0.1, 0.15) is 5.82 Å². The Morgan fingerprint density at radius 3 is 2.85 bits per heavy atom. The van der Waals surface area contributed by atoms with Crippen molar-refractivity contribution < 1.29 is 0 Å². The third kappa shape index (κ3) is 3.62. The number of imidazole rings is 1. The van der Waals surface area contributed by atoms with E-state index in [0.717, 1.165) is 35.9 Å². The number of aryl methyl sites for hydroxylation is 1. The molecule has 0 amide bonds. The van der Waals surface area contributed by atoms with E-state index in [1.165, 1.54) is 5.56 Å². The Kier molecular flexibility index (Phi) is 5.21. The van der Waals surface area contributed by atoms with Gasteiger partial charge in [0.2, 0.25) is 0 Å². The Balaban J connectivity index is 2.37. The van der Waals surface area contributed by atoms with Gasteiger partial charge in [-0.3, -0.25) is 0 Å². The molecule has 0 saturated heterocycles. The van der Waals surface area contributed by atoms with Crippen LogP contribution >= 0.6 is 11.6 Å². The van der Waals surface area contributed by atoms with Crippen molar-refractivity contribution >= 4 is 11.6 Å². The van der Waals surface area contributed by atoms with Crippen molar-refractivity contribution in [1.82, 2.24) is 14.9 Å². The molecule has 0 spiro atoms. The molecular weight excluding hydrogens is 270 g/mol. The van der Waals surface area contributed by atoms with Crippen molar-refractivity contribution in [1.29, 1.82) is 0 Å². The summed E-state index contributed by atoms with van der Waals surface area (Å²) in [6.07, 6.45) is 5.91. The second-order valence-electron chi connectivity index (χ2n) is 5.27. The Morgan fingerprint density at radius 2 is 2.15 bits per heavy atom. The van der Waals surface area contributed by atoms with Crippen LogP contribution < -0.4 is 5.32 Å². The zero-order valence-electron chi connectivity index (χ0n) is 12.4. The summed E-state index contributed by atoms with van der Waals surface area (Å²) in [6, 6.07) is 6.50. The van der Waals surface area contributed by atoms with E-state index in [0.29, 0.717) is 6.04 Å². The third-order valence-corrected chi connectivity index (χ3v) is 3.43. The van der Waals surface area contributed by atoms with Gasteiger partial charge in [0.15, 0.2) is 0 Å². The second kappa shape index (κ2) is 6.91. The molecule has 0 bridgehead atoms. The minimum absolute atomic E-state index is 0.455. The normalized spacial score (nSPS) is 11.2. The first-order valence-electron chi connectivity index (χ1n) is 7.16. The van der Waals surface area contributed by atoms with Gasteiger partial charge >= 0.3 is 0 Å². The Labute approximate surface area is 126 Å². The van der Waals surface area contributed by atoms with Crippen LogP contribution in [0.1, 0.15) is 38.6 Å². The quantitative estimate of drug-likeness (QED) is 0.872. The minimum atomic E-state index is 0.455. The molecule has 0 saturated carbocycles. The lowest BCUT2D eigenvalue weighted by molar-refractivity contribution is 0.587. The predicted octanol–water partition coefficient (Wildman–Crippen LogP) is 3.98. The van der Waals surface area contributed by atoms with Crippen LogP contribution in [0.4, 0.5) is 0 Å². The molecule has 0 radical (unpaired) electrons. The Morgan fingerprint density at radius 1 is 1.35 bits per heavy atom. The highest BCUT2D eigenvalue weighted by Crippen LogP contribution is 2.22. The van der Waals surface area contributed by atoms with Crippen LogP contribution in [0.25, 0.3) is 5.69 Å². The number of aromatic nitrogens is 2. The van der Waals surface area contributed by atoms with Crippen LogP contribution in [0.3, 0.4) is 0 Å². The van der Waals surface area contributed by atoms with Gasteiger partial charge in [0, 0.05) is 36.4 Å². The van der Waals surface area contributed by atoms with Crippen LogP contribution in [-0.2, 0) is 13.0 Å². The van der Waals surface area contributed by atoms with Gasteiger partial charge in [0.25, 0.3) is 0 Å². The van der Waals surface area contributed by atoms with Crippen LogP contribution in [0, 0.1) is 0 Å². The zero-order valence-corrected chi connectivity index (χ0v) is 13.1. The molecule has 0 aliphatic rings. The third-order valence-electron chi connectivity index (χ3n) is 3.20. The summed E-state index contributed by atoms with van der Waals surface area (Å²) in [6.45, 7) is 7.29. The van der Waals surface area contributed by atoms with E-state index < -0.39 is 0 Å². The van der Waals surface area contributed by atoms with Gasteiger partial charge in [-0.1, -0.05) is 38.4 Å². The van der Waals surface area contributed by atoms with Crippen molar-refractivity contribution in [3.63, 3.8) is 0 Å². The fraction of sp³-hybridized carbons (Fsp3) is 0.438. The summed E-state index contributed by atoms with van der Waals surface area (Å²) >= 11 is 6.17. The summed E-state index contributed by atoms with van der Waals surface area (Å²) in [5, 5.41) is 4.21. The van der Waals surface area contributed by atoms with Crippen LogP contribution in [0.5, 0.6) is 0 Å². The molecule has 1 N–H and O–H groups in total. The zero-order chi connectivity index (χ0) is 14.5. The number of halogens is 1. The molecule has 2 aromatic rings. The van der Waals surface area contributed by atoms with Crippen molar-refractivity contribution in [2.24, 2.45) is 0 Å². The highest BCUT2D eigenvalue weighted by molar-refractivity contribution is 6.30. The van der Waals surface area contributed by atoms with E-state index in [2.05, 4.69) is 41.7 Å². The molecule has 2 rings (SSSR count). The Bertz CT molecular complexity index is 561. The van der Waals surface area contributed by atoms with Gasteiger partial charge in [0.05, 0.1) is 5.69 Å². The molecule has 0 fully saturated rings. The van der Waals surface area contributed by atoms with Crippen molar-refractivity contribution in [3.05, 3.63) is 47.0 Å². The van der Waals surface area contributed by atoms with E-state index in [9.17, 15) is 0 Å². The molecule has 4 heteroatoms. The molecule has 1 aromatic carbocycles. The first-order valence-corrected chi connectivity index (χ1v) is 7.54. The van der Waals surface area contributed by atoms with Crippen LogP contribution in [-0.4, -0.2) is 15.6 Å². The summed E-state index contributed by atoms with van der Waals surface area (Å²) in [7, 11) is 0. The van der Waals surface area contributed by atoms with Gasteiger partial charge in [-0.05, 0) is 24.1 Å². The Hall–Kier alpha value is -1.32. The number of hydrogen-bond acceptors (Lipinski definition) is 2. The van der Waals surface area contributed by atoms with Gasteiger partial charge < -0.3 is 9.88 Å². The average molecular weight is 292 g/mol. The molecular formula is C16H22ClN3. The average Bonchev–Trinajstić information content (AvgIpc) is 2.85. The van der Waals surface area contributed by atoms with E-state index >= 15 is 0 Å². The van der Waals surface area contributed by atoms with Crippen molar-refractivity contribution in [2.75, 3.05) is 0 Å². The van der Waals surface area contributed by atoms with E-state index in [-0.39, 0.29) is 0 Å². The van der Waals surface area contributed by atoms with Crippen LogP contribution in [0.15, 0.2) is 30.6 Å². The molecule has 0 unspecified atom stereocenters. The standard InChI is InChI=1S/C16H22ClN3/c1-4-5-16-18-8-9-20(16)15-10-14(17)7-6-13(15)11-19-12(2)3/h6-10,12,19H,4-5,11H2,1-3H3. The summed E-state index contributed by atoms with van der Waals surface area (Å²) < 4.78 is 2.15. The van der Waals surface area contributed by atoms with Crippen molar-refractivity contribution in [2.45, 2.75) is 46.2 Å². The molecule has 0 aliphatic carbocycles. The summed E-state index contributed by atoms with van der Waals surface area (Å²) in [5.74, 6) is 1.08. The maximum atomic E-state index is 6.17. The molecule has 108 valence electrons. The monoisotopic (exact) mass is 291 g/mol. The van der Waals surface area contributed by atoms with Crippen LogP contribution in [0.2, 0.25) is 5.02 Å². The van der Waals surface area contributed by atoms with E-state index in [1.54, 1.807) is 0 Å². The first-order chi connectivity index (χ1) is 9.61. The maximum Gasteiger partial charge on any atom is 0.113 e. The number of rotatable bonds is 6. The van der Waals surface area contributed by atoms with Gasteiger partial charge in [-0.25, -0.2) is 4.98 Å². The lowest BCUT2D eigenvalue weighted by Gasteiger charge is -2.15. The van der Waals surface area contributed by atoms with E-state index in [1.807, 2.05) is 24.5 Å². The summed E-state index contributed by atoms with van der Waals surface area (Å²) in [4.78, 5) is 4.45. The topological polar surface area (TPSA) is 29.9 Å². The van der Waals surface area contributed by atoms with E-state index in [4.69, 9.17) is 11.6 Å². The van der Waals surface area contributed by atoms with Crippen molar-refractivity contribution in [3.8, 4) is 5.69 Å². The molecule has 20 heavy (non-hydrogen) atoms. The molecule has 3 nitrogen and oxygen atoms in total. The lowest BCUT2D eigenvalue weighted by Crippen LogP contribution is -2.22. The lowest BCUT2D eigenvalue weighted by atomic mass is 10.1. The summed E-state index contributed by atoms with van der Waals surface area (Å²) in [5.41, 5.74) is 2.35. The van der Waals surface area contributed by atoms with Gasteiger partial charge in [-0.2, -0.15) is 0 Å². The molecule has 0 aliphatic heterocycles.